The largest absolute Gasteiger partial charge is 0.493 e. The number of nitrogens with one attached hydrogen (secondary N) is 2. The smallest absolute Gasteiger partial charge is 0.228 e. The van der Waals surface area contributed by atoms with Gasteiger partial charge in [0.05, 0.1) is 13.3 Å². The molecule has 1 aliphatic rings. The molecule has 1 amide bonds. The van der Waals surface area contributed by atoms with Crippen molar-refractivity contribution in [2.45, 2.75) is 38.6 Å². The van der Waals surface area contributed by atoms with E-state index in [1.807, 2.05) is 14.0 Å². The fraction of sp³-hybridized carbons (Fsp3) is 0.455. The van der Waals surface area contributed by atoms with Crippen LogP contribution in [0.3, 0.4) is 0 Å². The minimum Gasteiger partial charge on any atom is -0.493 e. The van der Waals surface area contributed by atoms with Crippen LogP contribution in [0.25, 0.3) is 17.0 Å². The first-order chi connectivity index (χ1) is 16.0. The molecule has 1 aliphatic heterocycles. The van der Waals surface area contributed by atoms with Crippen LogP contribution >= 0.6 is 0 Å². The standard InChI is InChI=1S/C22H27F2N7O2/c1-4-6-13(11-25-2)27-21-15(24)9-14(23)20(28-21)16-12-26-18-10-17(33-3)22(29-31(16)18)30-8-5-7-19(30)32/h9-10,12-13,25H,4-8,11H2,1-3H3,(H,27,28). The number of halogens is 2. The molecule has 0 aliphatic carbocycles. The van der Waals surface area contributed by atoms with Crippen LogP contribution in [0.2, 0.25) is 0 Å². The lowest BCUT2D eigenvalue weighted by atomic mass is 10.1. The van der Waals surface area contributed by atoms with E-state index in [1.165, 1.54) is 22.7 Å². The summed E-state index contributed by atoms with van der Waals surface area (Å²) in [6.07, 6.45) is 4.24. The van der Waals surface area contributed by atoms with E-state index in [4.69, 9.17) is 4.74 Å². The maximum absolute atomic E-state index is 14.9. The molecule has 1 unspecified atom stereocenters. The van der Waals surface area contributed by atoms with Gasteiger partial charge in [-0.1, -0.05) is 13.3 Å². The van der Waals surface area contributed by atoms with E-state index in [2.05, 4.69) is 25.7 Å². The number of fused-ring (bicyclic) bond motifs is 1. The number of likely N-dealkylation sites (N-methyl/N-ethyl adjacent to an activating group) is 1. The normalized spacial score (nSPS) is 14.8. The first kappa shape index (κ1) is 22.8. The number of carbonyl (C=O) groups is 1. The number of amides is 1. The highest BCUT2D eigenvalue weighted by Gasteiger charge is 2.28. The van der Waals surface area contributed by atoms with E-state index >= 15 is 0 Å². The maximum atomic E-state index is 14.9. The summed E-state index contributed by atoms with van der Waals surface area (Å²) < 4.78 is 36.2. The average Bonchev–Trinajstić information content (AvgIpc) is 3.40. The van der Waals surface area contributed by atoms with Crippen LogP contribution in [0.4, 0.5) is 20.4 Å². The number of hydrogen-bond donors (Lipinski definition) is 2. The Hall–Kier alpha value is -3.34. The monoisotopic (exact) mass is 459 g/mol. The quantitative estimate of drug-likeness (QED) is 0.508. The summed E-state index contributed by atoms with van der Waals surface area (Å²) in [5.74, 6) is -1.01. The Kier molecular flexibility index (Phi) is 6.68. The molecule has 2 N–H and O–H groups in total. The molecule has 0 aromatic carbocycles. The van der Waals surface area contributed by atoms with Crippen molar-refractivity contribution in [2.75, 3.05) is 37.5 Å². The van der Waals surface area contributed by atoms with Crippen molar-refractivity contribution >= 4 is 23.2 Å². The number of carbonyl (C=O) groups excluding carboxylic acids is 1. The molecule has 11 heteroatoms. The summed E-state index contributed by atoms with van der Waals surface area (Å²) in [6, 6.07) is 2.36. The van der Waals surface area contributed by atoms with Crippen LogP contribution in [-0.2, 0) is 4.79 Å². The highest BCUT2D eigenvalue weighted by atomic mass is 19.1. The lowest BCUT2D eigenvalue weighted by Gasteiger charge is -2.19. The van der Waals surface area contributed by atoms with Gasteiger partial charge in [-0.3, -0.25) is 9.69 Å². The first-order valence-electron chi connectivity index (χ1n) is 11.0. The first-order valence-corrected chi connectivity index (χ1v) is 11.0. The SMILES string of the molecule is CCCC(CNC)Nc1nc(-c2cnc3cc(OC)c(N4CCCC4=O)nn23)c(F)cc1F. The number of imidazole rings is 1. The molecule has 9 nitrogen and oxygen atoms in total. The second kappa shape index (κ2) is 9.65. The third-order valence-corrected chi connectivity index (χ3v) is 5.59. The van der Waals surface area contributed by atoms with Crippen molar-refractivity contribution in [3.8, 4) is 17.1 Å². The van der Waals surface area contributed by atoms with E-state index < -0.39 is 11.6 Å². The number of rotatable bonds is 9. The zero-order chi connectivity index (χ0) is 23.5. The van der Waals surface area contributed by atoms with Gasteiger partial charge < -0.3 is 15.4 Å². The number of methoxy groups -OCH3 is 1. The number of ether oxygens (including phenoxy) is 1. The molecule has 1 atom stereocenters. The van der Waals surface area contributed by atoms with Crippen LogP contribution in [0.1, 0.15) is 32.6 Å². The van der Waals surface area contributed by atoms with Gasteiger partial charge in [-0.05, 0) is 19.9 Å². The van der Waals surface area contributed by atoms with Crippen LogP contribution in [0.15, 0.2) is 18.3 Å². The Labute approximate surface area is 190 Å². The van der Waals surface area contributed by atoms with Crippen molar-refractivity contribution in [1.82, 2.24) is 24.9 Å². The van der Waals surface area contributed by atoms with E-state index in [9.17, 15) is 13.6 Å². The van der Waals surface area contributed by atoms with Gasteiger partial charge in [0.15, 0.2) is 34.7 Å². The van der Waals surface area contributed by atoms with Crippen molar-refractivity contribution in [3.05, 3.63) is 30.0 Å². The molecule has 4 heterocycles. The zero-order valence-corrected chi connectivity index (χ0v) is 18.9. The van der Waals surface area contributed by atoms with Crippen LogP contribution < -0.4 is 20.3 Å². The predicted octanol–water partition coefficient (Wildman–Crippen LogP) is 3.00. The minimum absolute atomic E-state index is 0.0431. The molecule has 4 rings (SSSR count). The fourth-order valence-electron chi connectivity index (χ4n) is 4.02. The summed E-state index contributed by atoms with van der Waals surface area (Å²) in [5, 5.41) is 10.7. The lowest BCUT2D eigenvalue weighted by molar-refractivity contribution is -0.117. The minimum atomic E-state index is -0.836. The van der Waals surface area contributed by atoms with Gasteiger partial charge in [0.25, 0.3) is 0 Å². The highest BCUT2D eigenvalue weighted by molar-refractivity contribution is 5.95. The van der Waals surface area contributed by atoms with Gasteiger partial charge >= 0.3 is 0 Å². The van der Waals surface area contributed by atoms with Gasteiger partial charge in [0.1, 0.15) is 11.4 Å². The second-order valence-corrected chi connectivity index (χ2v) is 7.94. The summed E-state index contributed by atoms with van der Waals surface area (Å²) in [4.78, 5) is 22.4. The molecule has 33 heavy (non-hydrogen) atoms. The van der Waals surface area contributed by atoms with Gasteiger partial charge in [0.2, 0.25) is 5.91 Å². The molecule has 1 fully saturated rings. The zero-order valence-electron chi connectivity index (χ0n) is 18.9. The third-order valence-electron chi connectivity index (χ3n) is 5.59. The number of nitrogens with zero attached hydrogens (tertiary/aromatic N) is 5. The Bertz CT molecular complexity index is 1160. The van der Waals surface area contributed by atoms with Crippen LogP contribution in [-0.4, -0.2) is 58.8 Å². The Morgan fingerprint density at radius 2 is 2.09 bits per heavy atom. The molecule has 3 aromatic rings. The van der Waals surface area contributed by atoms with E-state index in [-0.39, 0.29) is 29.2 Å². The Balaban J connectivity index is 1.79. The average molecular weight is 460 g/mol. The summed E-state index contributed by atoms with van der Waals surface area (Å²) >= 11 is 0. The van der Waals surface area contributed by atoms with Gasteiger partial charge in [-0.15, -0.1) is 5.10 Å². The predicted molar refractivity (Wildman–Crippen MR) is 121 cm³/mol. The molecule has 176 valence electrons. The van der Waals surface area contributed by atoms with E-state index in [0.717, 1.165) is 18.9 Å². The third kappa shape index (κ3) is 4.45. The number of anilines is 2. The van der Waals surface area contributed by atoms with Gasteiger partial charge in [0, 0.05) is 37.7 Å². The molecule has 1 saturated heterocycles. The fourth-order valence-corrected chi connectivity index (χ4v) is 4.02. The van der Waals surface area contributed by atoms with E-state index in [1.54, 1.807) is 6.07 Å². The number of pyridine rings is 1. The van der Waals surface area contributed by atoms with Crippen molar-refractivity contribution in [2.24, 2.45) is 0 Å². The summed E-state index contributed by atoms with van der Waals surface area (Å²) in [6.45, 7) is 3.15. The maximum Gasteiger partial charge on any atom is 0.228 e. The van der Waals surface area contributed by atoms with Crippen molar-refractivity contribution < 1.29 is 18.3 Å². The lowest BCUT2D eigenvalue weighted by Crippen LogP contribution is -2.31. The molecule has 0 saturated carbocycles. The number of hydrogen-bond acceptors (Lipinski definition) is 7. The van der Waals surface area contributed by atoms with Gasteiger partial charge in [-0.2, -0.15) is 0 Å². The molecule has 0 radical (unpaired) electrons. The van der Waals surface area contributed by atoms with Gasteiger partial charge in [-0.25, -0.2) is 23.3 Å². The topological polar surface area (TPSA) is 96.7 Å². The second-order valence-electron chi connectivity index (χ2n) is 7.94. The molecule has 3 aromatic heterocycles. The Morgan fingerprint density at radius 3 is 2.76 bits per heavy atom. The van der Waals surface area contributed by atoms with E-state index in [0.29, 0.717) is 43.1 Å². The van der Waals surface area contributed by atoms with Crippen LogP contribution in [0.5, 0.6) is 5.75 Å². The summed E-state index contributed by atoms with van der Waals surface area (Å²) in [7, 11) is 3.30. The summed E-state index contributed by atoms with van der Waals surface area (Å²) in [5.41, 5.74) is 0.528. The molecular formula is C22H27F2N7O2. The van der Waals surface area contributed by atoms with Crippen molar-refractivity contribution in [3.63, 3.8) is 0 Å². The Morgan fingerprint density at radius 1 is 1.27 bits per heavy atom. The number of aromatic nitrogens is 4. The molecular weight excluding hydrogens is 432 g/mol. The highest BCUT2D eigenvalue weighted by Crippen LogP contribution is 2.32. The molecule has 0 bridgehead atoms. The molecule has 0 spiro atoms. The van der Waals surface area contributed by atoms with Crippen LogP contribution in [0, 0.1) is 11.6 Å². The van der Waals surface area contributed by atoms with Crippen molar-refractivity contribution in [1.29, 1.82) is 0 Å².